The lowest BCUT2D eigenvalue weighted by molar-refractivity contribution is -0.759. The third-order valence-electron chi connectivity index (χ3n) is 5.34. The molecule has 1 aliphatic rings. The molecule has 5 rings (SSSR count). The Labute approximate surface area is 183 Å². The molecule has 3 heterocycles. The molecule has 1 atom stereocenters. The second-order valence-electron chi connectivity index (χ2n) is 7.41. The first-order valence-electron chi connectivity index (χ1n) is 10.4. The number of aromatic amines is 2. The number of benzene rings is 2. The molecule has 0 bridgehead atoms. The Hall–Kier alpha value is -3.39. The van der Waals surface area contributed by atoms with E-state index in [9.17, 15) is 4.79 Å². The average Bonchev–Trinajstić information content (AvgIpc) is 3.29. The first-order valence-corrected chi connectivity index (χ1v) is 11.4. The summed E-state index contributed by atoms with van der Waals surface area (Å²) in [5.41, 5.74) is 4.99. The van der Waals surface area contributed by atoms with Crippen molar-refractivity contribution in [1.82, 2.24) is 20.3 Å². The Kier molecular flexibility index (Phi) is 5.30. The Morgan fingerprint density at radius 2 is 1.90 bits per heavy atom. The summed E-state index contributed by atoms with van der Waals surface area (Å²) >= 11 is 1.57. The van der Waals surface area contributed by atoms with Crippen molar-refractivity contribution in [3.8, 4) is 22.5 Å². The van der Waals surface area contributed by atoms with Gasteiger partial charge in [-0.25, -0.2) is 0 Å². The molecule has 0 unspecified atom stereocenters. The fourth-order valence-corrected chi connectivity index (χ4v) is 4.75. The summed E-state index contributed by atoms with van der Waals surface area (Å²) in [6.45, 7) is 2.15. The van der Waals surface area contributed by atoms with Gasteiger partial charge in [0.15, 0.2) is 0 Å². The van der Waals surface area contributed by atoms with E-state index in [1.165, 1.54) is 0 Å². The average molecular weight is 432 g/mol. The van der Waals surface area contributed by atoms with Gasteiger partial charge in [-0.3, -0.25) is 14.9 Å². The van der Waals surface area contributed by atoms with Crippen LogP contribution >= 0.6 is 11.8 Å². The van der Waals surface area contributed by atoms with Crippen molar-refractivity contribution >= 4 is 17.4 Å². The Balaban J connectivity index is 1.66. The highest BCUT2D eigenvalue weighted by Gasteiger charge is 2.39. The molecule has 0 saturated carbocycles. The minimum Gasteiger partial charge on any atom is -0.321 e. The summed E-state index contributed by atoms with van der Waals surface area (Å²) in [4.78, 5) is 16.1. The standard InChI is InChI=1S/C23H22N6OS/c1-2-3-13-31-23-26-22(30)20-16-11-7-8-12-18(16)25-21(29(20)28-23)17-14-24-27-19(17)15-9-5-4-6-10-15/h4-12,14,21H,2-3,13H2,1H3,(H2,24,26,27,28,30)/p+1/t21-/m1/s1. The van der Waals surface area contributed by atoms with Crippen molar-refractivity contribution in [2.45, 2.75) is 31.1 Å². The molecule has 8 heteroatoms. The van der Waals surface area contributed by atoms with Gasteiger partial charge in [0.25, 0.3) is 6.17 Å². The number of hydrogen-bond donors (Lipinski definition) is 3. The van der Waals surface area contributed by atoms with Gasteiger partial charge in [0.2, 0.25) is 5.16 Å². The normalized spacial score (nSPS) is 14.5. The number of nitrogens with zero attached hydrogens (tertiary/aromatic N) is 3. The summed E-state index contributed by atoms with van der Waals surface area (Å²) in [6, 6.07) is 17.9. The highest BCUT2D eigenvalue weighted by molar-refractivity contribution is 7.99. The third kappa shape index (κ3) is 3.63. The van der Waals surface area contributed by atoms with Crippen LogP contribution in [0.5, 0.6) is 0 Å². The highest BCUT2D eigenvalue weighted by atomic mass is 32.2. The van der Waals surface area contributed by atoms with Gasteiger partial charge in [0.05, 0.1) is 28.7 Å². The molecule has 0 fully saturated rings. The maximum Gasteiger partial charge on any atom is 0.325 e. The van der Waals surface area contributed by atoms with E-state index in [4.69, 9.17) is 5.10 Å². The van der Waals surface area contributed by atoms with E-state index in [0.29, 0.717) is 10.9 Å². The zero-order valence-electron chi connectivity index (χ0n) is 17.1. The highest BCUT2D eigenvalue weighted by Crippen LogP contribution is 2.34. The largest absolute Gasteiger partial charge is 0.325 e. The minimum absolute atomic E-state index is 0.141. The molecular formula is C23H23N6OS+. The van der Waals surface area contributed by atoms with Crippen molar-refractivity contribution in [1.29, 1.82) is 0 Å². The van der Waals surface area contributed by atoms with E-state index < -0.39 is 0 Å². The lowest BCUT2D eigenvalue weighted by Gasteiger charge is -2.22. The van der Waals surface area contributed by atoms with Crippen LogP contribution in [0.15, 0.2) is 70.7 Å². The van der Waals surface area contributed by atoms with Crippen molar-refractivity contribution in [2.75, 3.05) is 11.1 Å². The predicted octanol–water partition coefficient (Wildman–Crippen LogP) is 3.98. The van der Waals surface area contributed by atoms with Crippen LogP contribution in [-0.4, -0.2) is 26.0 Å². The van der Waals surface area contributed by atoms with Crippen molar-refractivity contribution in [3.63, 3.8) is 0 Å². The Bertz CT molecular complexity index is 1270. The van der Waals surface area contributed by atoms with Crippen molar-refractivity contribution in [2.24, 2.45) is 0 Å². The summed E-state index contributed by atoms with van der Waals surface area (Å²) in [6.07, 6.45) is 3.60. The van der Waals surface area contributed by atoms with Crippen LogP contribution in [0, 0.1) is 0 Å². The molecule has 31 heavy (non-hydrogen) atoms. The van der Waals surface area contributed by atoms with E-state index in [0.717, 1.165) is 46.7 Å². The first kappa shape index (κ1) is 19.6. The van der Waals surface area contributed by atoms with Gasteiger partial charge < -0.3 is 5.32 Å². The van der Waals surface area contributed by atoms with Crippen LogP contribution in [0.1, 0.15) is 31.5 Å². The number of para-hydroxylation sites is 1. The molecule has 2 aromatic heterocycles. The molecule has 1 aliphatic heterocycles. The fraction of sp³-hybridized carbons (Fsp3) is 0.217. The maximum atomic E-state index is 13.2. The minimum atomic E-state index is -0.369. The van der Waals surface area contributed by atoms with Gasteiger partial charge >= 0.3 is 11.3 Å². The Morgan fingerprint density at radius 1 is 1.10 bits per heavy atom. The first-order chi connectivity index (χ1) is 15.3. The number of unbranched alkanes of at least 4 members (excludes halogenated alkanes) is 1. The second kappa shape index (κ2) is 8.39. The molecular weight excluding hydrogens is 408 g/mol. The van der Waals surface area contributed by atoms with E-state index in [1.54, 1.807) is 22.6 Å². The molecule has 2 aromatic carbocycles. The van der Waals surface area contributed by atoms with Gasteiger partial charge in [-0.2, -0.15) is 5.10 Å². The molecule has 0 aliphatic carbocycles. The number of H-pyrrole nitrogens is 2. The van der Waals surface area contributed by atoms with E-state index in [1.807, 2.05) is 54.6 Å². The number of hydrogen-bond acceptors (Lipinski definition) is 5. The van der Waals surface area contributed by atoms with Crippen LogP contribution in [0.25, 0.3) is 22.5 Å². The summed E-state index contributed by atoms with van der Waals surface area (Å²) in [5.74, 6) is 0.911. The molecule has 3 N–H and O–H groups in total. The molecule has 4 aromatic rings. The van der Waals surface area contributed by atoms with Gasteiger partial charge in [-0.1, -0.05) is 67.6 Å². The van der Waals surface area contributed by atoms with Crippen molar-refractivity contribution in [3.05, 3.63) is 76.7 Å². The van der Waals surface area contributed by atoms with Gasteiger partial charge in [0.1, 0.15) is 0 Å². The van der Waals surface area contributed by atoms with E-state index >= 15 is 0 Å². The SMILES string of the molecule is CCCCSc1n[n+]2c(c(=O)[nH]1)-c1ccccc1N[C@H]2c1cn[nH]c1-c1ccccc1. The van der Waals surface area contributed by atoms with Crippen LogP contribution in [0.2, 0.25) is 0 Å². The molecule has 0 saturated heterocycles. The molecule has 156 valence electrons. The third-order valence-corrected chi connectivity index (χ3v) is 6.29. The molecule has 7 nitrogen and oxygen atoms in total. The zero-order valence-corrected chi connectivity index (χ0v) is 17.9. The van der Waals surface area contributed by atoms with Crippen LogP contribution in [0.4, 0.5) is 5.69 Å². The summed E-state index contributed by atoms with van der Waals surface area (Å²) in [7, 11) is 0. The van der Waals surface area contributed by atoms with Gasteiger partial charge in [-0.05, 0) is 23.2 Å². The topological polar surface area (TPSA) is 90.3 Å². The monoisotopic (exact) mass is 431 g/mol. The van der Waals surface area contributed by atoms with E-state index in [2.05, 4.69) is 27.4 Å². The van der Waals surface area contributed by atoms with Crippen molar-refractivity contribution < 1.29 is 4.68 Å². The number of aromatic nitrogens is 5. The van der Waals surface area contributed by atoms with Crippen LogP contribution in [0.3, 0.4) is 0 Å². The van der Waals surface area contributed by atoms with Crippen LogP contribution < -0.4 is 15.6 Å². The molecule has 0 amide bonds. The number of nitrogens with one attached hydrogen (secondary N) is 3. The predicted molar refractivity (Wildman–Crippen MR) is 122 cm³/mol. The maximum absolute atomic E-state index is 13.2. The van der Waals surface area contributed by atoms with Gasteiger partial charge in [0, 0.05) is 16.4 Å². The lowest BCUT2D eigenvalue weighted by Crippen LogP contribution is -2.55. The molecule has 0 spiro atoms. The van der Waals surface area contributed by atoms with Crippen LogP contribution in [-0.2, 0) is 0 Å². The fourth-order valence-electron chi connectivity index (χ4n) is 3.82. The second-order valence-corrected chi connectivity index (χ2v) is 8.50. The van der Waals surface area contributed by atoms with E-state index in [-0.39, 0.29) is 11.7 Å². The Morgan fingerprint density at radius 3 is 2.74 bits per heavy atom. The smallest absolute Gasteiger partial charge is 0.321 e. The number of anilines is 1. The number of rotatable bonds is 6. The lowest BCUT2D eigenvalue weighted by atomic mass is 10.0. The summed E-state index contributed by atoms with van der Waals surface area (Å²) < 4.78 is 1.80. The summed E-state index contributed by atoms with van der Waals surface area (Å²) in [5, 5.41) is 16.5. The zero-order chi connectivity index (χ0) is 21.2. The molecule has 0 radical (unpaired) electrons. The quantitative estimate of drug-likeness (QED) is 0.244. The number of fused-ring (bicyclic) bond motifs is 3. The van der Waals surface area contributed by atoms with Gasteiger partial charge in [-0.15, -0.1) is 0 Å². The number of thioether (sulfide) groups is 1.